The van der Waals surface area contributed by atoms with Crippen molar-refractivity contribution in [3.05, 3.63) is 60.0 Å². The monoisotopic (exact) mass is 394 g/mol. The first-order valence-corrected chi connectivity index (χ1v) is 8.84. The summed E-state index contributed by atoms with van der Waals surface area (Å²) in [5, 5.41) is 0. The van der Waals surface area contributed by atoms with E-state index in [4.69, 9.17) is 10.3 Å². The summed E-state index contributed by atoms with van der Waals surface area (Å²) in [7, 11) is 0. The van der Waals surface area contributed by atoms with Gasteiger partial charge in [-0.15, -0.1) is 0 Å². The van der Waals surface area contributed by atoms with E-state index in [1.165, 1.54) is 12.3 Å². The van der Waals surface area contributed by atoms with Crippen LogP contribution in [0, 0.1) is 0 Å². The number of alkyl halides is 3. The zero-order chi connectivity index (χ0) is 19.6. The maximum atomic E-state index is 12.6. The van der Waals surface area contributed by atoms with Gasteiger partial charge in [0, 0.05) is 17.3 Å². The Labute approximate surface area is 154 Å². The molecule has 0 bridgehead atoms. The number of aromatic nitrogens is 3. The van der Waals surface area contributed by atoms with E-state index in [2.05, 4.69) is 15.0 Å². The quantitative estimate of drug-likeness (QED) is 0.657. The van der Waals surface area contributed by atoms with Crippen LogP contribution in [-0.4, -0.2) is 23.7 Å². The van der Waals surface area contributed by atoms with E-state index in [0.717, 1.165) is 12.3 Å². The highest BCUT2D eigenvalue weighted by Gasteiger charge is 2.32. The number of pyridine rings is 1. The van der Waals surface area contributed by atoms with Crippen LogP contribution in [0.1, 0.15) is 11.3 Å². The maximum Gasteiger partial charge on any atom is 0.433 e. The van der Waals surface area contributed by atoms with Gasteiger partial charge in [0.2, 0.25) is 0 Å². The van der Waals surface area contributed by atoms with E-state index >= 15 is 0 Å². The van der Waals surface area contributed by atoms with E-state index in [1.54, 1.807) is 24.3 Å². The van der Waals surface area contributed by atoms with E-state index in [0.29, 0.717) is 22.4 Å². The van der Waals surface area contributed by atoms with Crippen LogP contribution in [0.25, 0.3) is 22.5 Å². The maximum absolute atomic E-state index is 12.6. The summed E-state index contributed by atoms with van der Waals surface area (Å²) in [6.45, 7) is 0. The number of halogens is 3. The lowest BCUT2D eigenvalue weighted by atomic mass is 10.1. The zero-order valence-electron chi connectivity index (χ0n) is 13.6. The molecule has 0 aliphatic heterocycles. The predicted molar refractivity (Wildman–Crippen MR) is 94.6 cm³/mol. The van der Waals surface area contributed by atoms with E-state index in [9.17, 15) is 17.4 Å². The Morgan fingerprint density at radius 3 is 2.22 bits per heavy atom. The normalized spacial score (nSPS) is 12.7. The van der Waals surface area contributed by atoms with Crippen LogP contribution in [0.15, 0.2) is 48.8 Å². The lowest BCUT2D eigenvalue weighted by molar-refractivity contribution is -0.141. The van der Waals surface area contributed by atoms with Crippen LogP contribution in [0.4, 0.5) is 19.0 Å². The fraction of sp³-hybridized carbons (Fsp3) is 0.118. The van der Waals surface area contributed by atoms with Crippen LogP contribution in [-0.2, 0) is 23.0 Å². The summed E-state index contributed by atoms with van der Waals surface area (Å²) in [6, 6.07) is 8.86. The van der Waals surface area contributed by atoms with Crippen LogP contribution >= 0.6 is 0 Å². The summed E-state index contributed by atoms with van der Waals surface area (Å²) in [6.07, 6.45) is -2.04. The Morgan fingerprint density at radius 2 is 1.67 bits per heavy atom. The highest BCUT2D eigenvalue weighted by atomic mass is 32.2. The van der Waals surface area contributed by atoms with Crippen molar-refractivity contribution in [2.24, 2.45) is 0 Å². The second kappa shape index (κ2) is 7.41. The van der Waals surface area contributed by atoms with Gasteiger partial charge in [0.25, 0.3) is 0 Å². The molecule has 0 saturated carbocycles. The number of nitrogen functional groups attached to an aromatic ring is 1. The fourth-order valence-corrected chi connectivity index (χ4v) is 2.84. The number of hydrogen-bond donors (Lipinski definition) is 2. The van der Waals surface area contributed by atoms with Crippen molar-refractivity contribution in [3.63, 3.8) is 0 Å². The van der Waals surface area contributed by atoms with Crippen molar-refractivity contribution in [2.45, 2.75) is 11.9 Å². The third-order valence-electron chi connectivity index (χ3n) is 3.67. The van der Waals surface area contributed by atoms with Crippen molar-refractivity contribution < 1.29 is 21.9 Å². The molecule has 1 aromatic carbocycles. The number of anilines is 1. The molecule has 1 unspecified atom stereocenters. The van der Waals surface area contributed by atoms with Crippen molar-refractivity contribution in [2.75, 3.05) is 5.73 Å². The molecule has 2 heterocycles. The second-order valence-corrected chi connectivity index (χ2v) is 6.51. The van der Waals surface area contributed by atoms with E-state index in [-0.39, 0.29) is 17.3 Å². The van der Waals surface area contributed by atoms with Gasteiger partial charge in [0.05, 0.1) is 17.6 Å². The molecule has 0 radical (unpaired) electrons. The molecule has 2 aromatic heterocycles. The summed E-state index contributed by atoms with van der Waals surface area (Å²) in [5.41, 5.74) is 7.14. The topological polar surface area (TPSA) is 102 Å². The van der Waals surface area contributed by atoms with Crippen LogP contribution in [0.5, 0.6) is 0 Å². The summed E-state index contributed by atoms with van der Waals surface area (Å²) in [5.74, 6) is 0.0727. The number of hydrogen-bond acceptors (Lipinski definition) is 5. The standard InChI is InChI=1S/C17H13F3N4O2S/c18-17(19,20)14-6-5-12(7-22-14)15-16(21)23-8-13(24-15)11-3-1-10(2-4-11)9-27(25)26/h1-8H,9H2,(H2,21,23)(H,25,26). The molecular weight excluding hydrogens is 381 g/mol. The SMILES string of the molecule is Nc1ncc(-c2ccc(CS(=O)O)cc2)nc1-c1ccc(C(F)(F)F)nc1. The van der Waals surface area contributed by atoms with Gasteiger partial charge in [-0.3, -0.25) is 4.98 Å². The minimum atomic E-state index is -4.53. The van der Waals surface area contributed by atoms with Crippen molar-refractivity contribution >= 4 is 16.9 Å². The van der Waals surface area contributed by atoms with Gasteiger partial charge in [-0.05, 0) is 17.7 Å². The molecule has 0 aliphatic rings. The molecule has 140 valence electrons. The number of rotatable bonds is 4. The molecule has 3 N–H and O–H groups in total. The number of nitrogens with two attached hydrogens (primary N) is 1. The average molecular weight is 394 g/mol. The molecule has 0 spiro atoms. The number of benzene rings is 1. The van der Waals surface area contributed by atoms with Crippen molar-refractivity contribution in [1.82, 2.24) is 15.0 Å². The highest BCUT2D eigenvalue weighted by molar-refractivity contribution is 7.78. The molecule has 3 aromatic rings. The summed E-state index contributed by atoms with van der Waals surface area (Å²) < 4.78 is 57.7. The first-order chi connectivity index (χ1) is 12.7. The first-order valence-electron chi connectivity index (χ1n) is 7.57. The number of nitrogens with zero attached hydrogens (tertiary/aromatic N) is 3. The lowest BCUT2D eigenvalue weighted by Crippen LogP contribution is -2.07. The Bertz CT molecular complexity index is 977. The van der Waals surface area contributed by atoms with Crippen LogP contribution in [0.3, 0.4) is 0 Å². The van der Waals surface area contributed by atoms with Gasteiger partial charge in [-0.1, -0.05) is 24.3 Å². The smallest absolute Gasteiger partial charge is 0.382 e. The van der Waals surface area contributed by atoms with Crippen molar-refractivity contribution in [3.8, 4) is 22.5 Å². The zero-order valence-corrected chi connectivity index (χ0v) is 14.5. The van der Waals surface area contributed by atoms with Gasteiger partial charge in [-0.25, -0.2) is 14.2 Å². The fourth-order valence-electron chi connectivity index (χ4n) is 2.37. The Morgan fingerprint density at radius 1 is 1.00 bits per heavy atom. The van der Waals surface area contributed by atoms with Crippen molar-refractivity contribution in [1.29, 1.82) is 0 Å². The Kier molecular flexibility index (Phi) is 5.19. The Balaban J connectivity index is 1.94. The largest absolute Gasteiger partial charge is 0.433 e. The molecular formula is C17H13F3N4O2S. The molecule has 3 rings (SSSR count). The molecule has 1 atom stereocenters. The third-order valence-corrected chi connectivity index (χ3v) is 4.25. The Hall–Kier alpha value is -2.85. The van der Waals surface area contributed by atoms with Gasteiger partial charge in [0.15, 0.2) is 11.1 Å². The van der Waals surface area contributed by atoms with Crippen LogP contribution in [0.2, 0.25) is 0 Å². The van der Waals surface area contributed by atoms with Gasteiger partial charge < -0.3 is 10.3 Å². The summed E-state index contributed by atoms with van der Waals surface area (Å²) >= 11 is -1.94. The van der Waals surface area contributed by atoms with Gasteiger partial charge >= 0.3 is 6.18 Å². The molecule has 0 amide bonds. The highest BCUT2D eigenvalue weighted by Crippen LogP contribution is 2.30. The van der Waals surface area contributed by atoms with Gasteiger partial charge in [-0.2, -0.15) is 13.2 Å². The molecule has 0 fully saturated rings. The minimum absolute atomic E-state index is 0.0101. The van der Waals surface area contributed by atoms with Crippen LogP contribution < -0.4 is 5.73 Å². The van der Waals surface area contributed by atoms with E-state index in [1.807, 2.05) is 0 Å². The third kappa shape index (κ3) is 4.47. The predicted octanol–water partition coefficient (Wildman–Crippen LogP) is 3.53. The molecule has 0 saturated heterocycles. The van der Waals surface area contributed by atoms with E-state index < -0.39 is 23.0 Å². The summed E-state index contributed by atoms with van der Waals surface area (Å²) in [4.78, 5) is 11.8. The lowest BCUT2D eigenvalue weighted by Gasteiger charge is -2.09. The molecule has 6 nitrogen and oxygen atoms in total. The average Bonchev–Trinajstić information content (AvgIpc) is 2.62. The minimum Gasteiger partial charge on any atom is -0.382 e. The first kappa shape index (κ1) is 18.9. The van der Waals surface area contributed by atoms with Gasteiger partial charge in [0.1, 0.15) is 17.2 Å². The molecule has 27 heavy (non-hydrogen) atoms. The second-order valence-electron chi connectivity index (χ2n) is 5.58. The molecule has 10 heteroatoms. The molecule has 0 aliphatic carbocycles.